The van der Waals surface area contributed by atoms with E-state index < -0.39 is 13.9 Å². The lowest BCUT2D eigenvalue weighted by molar-refractivity contribution is -0.335. The van der Waals surface area contributed by atoms with Gasteiger partial charge in [-0.25, -0.2) is 4.79 Å². The molecule has 0 saturated heterocycles. The molecule has 1 amide bonds. The third kappa shape index (κ3) is 11.1. The first-order chi connectivity index (χ1) is 3.42. The smallest absolute Gasteiger partial charge is 0.407 e. The first kappa shape index (κ1) is 11.2. The van der Waals surface area contributed by atoms with Gasteiger partial charge in [0, 0.05) is 0 Å². The molecule has 0 aliphatic carbocycles. The lowest BCUT2D eigenvalue weighted by Gasteiger charge is -2.25. The van der Waals surface area contributed by atoms with Gasteiger partial charge in [-0.1, -0.05) is 0 Å². The van der Waals surface area contributed by atoms with Gasteiger partial charge in [0.15, 0.2) is 0 Å². The summed E-state index contributed by atoms with van der Waals surface area (Å²) < 4.78 is 12.4. The maximum Gasteiger partial charge on any atom is 0.407 e. The Bertz CT molecular complexity index is 138. The molecule has 0 bridgehead atoms. The van der Waals surface area contributed by atoms with Gasteiger partial charge in [-0.05, 0) is 0 Å². The maximum absolute atomic E-state index is 9.44. The van der Waals surface area contributed by atoms with Crippen molar-refractivity contribution in [3.05, 3.63) is 0 Å². The molecule has 6 N–H and O–H groups in total. The highest BCUT2D eigenvalue weighted by atomic mass is 31.2. The quantitative estimate of drug-likeness (QED) is 0.433. The summed E-state index contributed by atoms with van der Waals surface area (Å²) in [5.41, 5.74) is 4.15. The van der Waals surface area contributed by atoms with Crippen LogP contribution in [0.2, 0.25) is 0 Å². The van der Waals surface area contributed by atoms with Crippen LogP contribution >= 0.6 is 7.82 Å². The number of phosphoric acid groups is 1. The molecule has 0 aliphatic heterocycles. The molecule has 8 heteroatoms. The van der Waals surface area contributed by atoms with Gasteiger partial charge >= 0.3 is 6.09 Å². The minimum absolute atomic E-state index is 0. The molecule has 7 nitrogen and oxygen atoms in total. The van der Waals surface area contributed by atoms with Crippen molar-refractivity contribution in [1.82, 2.24) is 6.15 Å². The highest BCUT2D eigenvalue weighted by Crippen LogP contribution is 2.23. The van der Waals surface area contributed by atoms with Crippen LogP contribution < -0.4 is 21.7 Å². The van der Waals surface area contributed by atoms with E-state index in [1.807, 2.05) is 0 Å². The van der Waals surface area contributed by atoms with E-state index in [1.165, 1.54) is 0 Å². The summed E-state index contributed by atoms with van der Waals surface area (Å²) in [6.45, 7) is 0. The number of carbonyl (C=O) groups is 1. The number of nitrogens with two attached hydrogens (primary N) is 1. The molecule has 0 aromatic rings. The molecule has 0 rings (SSSR count). The molecule has 0 spiro atoms. The molecule has 0 heterocycles. The summed E-state index contributed by atoms with van der Waals surface area (Å²) in [4.78, 5) is 28.2. The van der Waals surface area contributed by atoms with Crippen LogP contribution in [0.4, 0.5) is 4.79 Å². The normalized spacial score (nSPS) is 9.56. The first-order valence-corrected chi connectivity index (χ1v) is 2.89. The van der Waals surface area contributed by atoms with Crippen LogP contribution in [-0.4, -0.2) is 6.09 Å². The highest BCUT2D eigenvalue weighted by molar-refractivity contribution is 7.43. The monoisotopic (exact) mass is 157 g/mol. The fourth-order valence-electron chi connectivity index (χ4n) is 0.110. The van der Waals surface area contributed by atoms with Gasteiger partial charge in [0.05, 0.1) is 0 Å². The average Bonchev–Trinajstić information content (AvgIpc) is 1.21. The first-order valence-electron chi connectivity index (χ1n) is 1.43. The van der Waals surface area contributed by atoms with E-state index in [1.54, 1.807) is 0 Å². The topological polar surface area (TPSA) is 152 Å². The van der Waals surface area contributed by atoms with Crippen LogP contribution in [0.5, 0.6) is 0 Å². The number of amides is 1. The Morgan fingerprint density at radius 3 is 1.89 bits per heavy atom. The summed E-state index contributed by atoms with van der Waals surface area (Å²) in [7, 11) is -5.20. The third-order valence-corrected chi connectivity index (χ3v) is 0.605. The van der Waals surface area contributed by atoms with Crippen molar-refractivity contribution in [2.24, 2.45) is 5.73 Å². The van der Waals surface area contributed by atoms with Crippen LogP contribution in [0.1, 0.15) is 0 Å². The van der Waals surface area contributed by atoms with Gasteiger partial charge in [-0.15, -0.1) is 0 Å². The van der Waals surface area contributed by atoms with E-state index in [4.69, 9.17) is 0 Å². The van der Waals surface area contributed by atoms with Crippen LogP contribution in [0.25, 0.3) is 0 Å². The van der Waals surface area contributed by atoms with Crippen LogP contribution in [-0.2, 0) is 9.09 Å². The predicted octanol–water partition coefficient (Wildman–Crippen LogP) is -1.71. The Labute approximate surface area is 50.6 Å². The average molecular weight is 157 g/mol. The van der Waals surface area contributed by atoms with E-state index in [2.05, 4.69) is 10.3 Å². The van der Waals surface area contributed by atoms with Gasteiger partial charge in [0.2, 0.25) is 0 Å². The lowest BCUT2D eigenvalue weighted by atomic mass is 11.3. The summed E-state index contributed by atoms with van der Waals surface area (Å²) in [5.74, 6) is 0. The molecule has 56 valence electrons. The predicted molar refractivity (Wildman–Crippen MR) is 24.3 cm³/mol. The third-order valence-electron chi connectivity index (χ3n) is 0.202. The van der Waals surface area contributed by atoms with E-state index in [0.717, 1.165) is 0 Å². The second-order valence-corrected chi connectivity index (χ2v) is 1.93. The minimum Gasteiger partial charge on any atom is -0.780 e. The van der Waals surface area contributed by atoms with E-state index in [-0.39, 0.29) is 6.15 Å². The largest absolute Gasteiger partial charge is 0.780 e. The maximum atomic E-state index is 9.44. The molecular weight excluding hydrogens is 151 g/mol. The Balaban J connectivity index is 0. The summed E-state index contributed by atoms with van der Waals surface area (Å²) in [6.07, 6.45) is -1.61. The minimum atomic E-state index is -5.20. The highest BCUT2D eigenvalue weighted by Gasteiger charge is 1.93. The molecule has 0 unspecified atom stereocenters. The number of carbonyl (C=O) groups excluding carboxylic acids is 1. The molecule has 0 aromatic carbocycles. The zero-order valence-electron chi connectivity index (χ0n) is 4.57. The lowest BCUT2D eigenvalue weighted by Crippen LogP contribution is -2.22. The van der Waals surface area contributed by atoms with E-state index >= 15 is 0 Å². The zero-order chi connectivity index (χ0) is 6.78. The zero-order valence-corrected chi connectivity index (χ0v) is 5.46. The molecule has 0 radical (unpaired) electrons. The second kappa shape index (κ2) is 3.41. The van der Waals surface area contributed by atoms with Crippen LogP contribution in [0, 0.1) is 0 Å². The van der Waals surface area contributed by atoms with Crippen molar-refractivity contribution in [3.63, 3.8) is 0 Å². The molecule has 0 aliphatic rings. The Kier molecular flexibility index (Phi) is 4.25. The van der Waals surface area contributed by atoms with Gasteiger partial charge in [0.1, 0.15) is 7.82 Å². The molecule has 0 fully saturated rings. The summed E-state index contributed by atoms with van der Waals surface area (Å²) in [5, 5.41) is 0. The van der Waals surface area contributed by atoms with Crippen molar-refractivity contribution in [2.45, 2.75) is 0 Å². The standard InChI is InChI=1S/CH4NO5P.H3N/c2-1(3)7-8(4,5)6;/h(H2,2,3)(H2,4,5,6);1H3/p-1. The van der Waals surface area contributed by atoms with Crippen molar-refractivity contribution in [2.75, 3.05) is 0 Å². The van der Waals surface area contributed by atoms with Gasteiger partial charge in [0.25, 0.3) is 0 Å². The molecular formula is CH6N2O5P-. The van der Waals surface area contributed by atoms with E-state index in [9.17, 15) is 19.1 Å². The molecule has 0 saturated carbocycles. The number of quaternary nitrogens is 1. The van der Waals surface area contributed by atoms with Crippen molar-refractivity contribution < 1.29 is 23.7 Å². The fraction of sp³-hybridized carbons (Fsp3) is 0. The Morgan fingerprint density at radius 2 is 1.89 bits per heavy atom. The molecule has 9 heavy (non-hydrogen) atoms. The molecule has 0 aromatic heterocycles. The summed E-state index contributed by atoms with van der Waals surface area (Å²) in [6, 6.07) is 0. The number of hydrogen-bond acceptors (Lipinski definition) is 5. The second-order valence-electron chi connectivity index (χ2n) is 0.858. The SMILES string of the molecule is NC(=O)OP(=O)([O-])[O-].[NH4+]. The van der Waals surface area contributed by atoms with Gasteiger partial charge < -0.3 is 30.8 Å². The van der Waals surface area contributed by atoms with Gasteiger partial charge in [-0.3, -0.25) is 0 Å². The van der Waals surface area contributed by atoms with Crippen molar-refractivity contribution in [1.29, 1.82) is 0 Å². The number of rotatable bonds is 1. The van der Waals surface area contributed by atoms with E-state index in [0.29, 0.717) is 0 Å². The number of primary amides is 1. The Hall–Kier alpha value is -0.620. The van der Waals surface area contributed by atoms with Gasteiger partial charge in [-0.2, -0.15) is 0 Å². The molecule has 0 atom stereocenters. The number of phosphoric ester groups is 1. The Morgan fingerprint density at radius 1 is 1.56 bits per heavy atom. The fourth-order valence-corrected chi connectivity index (χ4v) is 0.331. The van der Waals surface area contributed by atoms with Crippen molar-refractivity contribution >= 4 is 13.9 Å². The van der Waals surface area contributed by atoms with Crippen molar-refractivity contribution in [3.8, 4) is 0 Å². The number of hydrogen-bond donors (Lipinski definition) is 2. The van der Waals surface area contributed by atoms with Crippen LogP contribution in [0.3, 0.4) is 0 Å². The van der Waals surface area contributed by atoms with Crippen LogP contribution in [0.15, 0.2) is 0 Å². The summed E-state index contributed by atoms with van der Waals surface area (Å²) >= 11 is 0.